The molecule has 1 atom stereocenters. The molecule has 0 saturated heterocycles. The SMILES string of the molecule is O=[N+]([O-])c1cccnc1NC[C@@H](O)COc1ccc2c(c1)OCO2. The molecule has 9 heteroatoms. The number of pyridine rings is 1. The van der Waals surface area contributed by atoms with E-state index in [1.807, 2.05) is 0 Å². The summed E-state index contributed by atoms with van der Waals surface area (Å²) in [5, 5.41) is 23.6. The van der Waals surface area contributed by atoms with E-state index in [1.165, 1.54) is 18.3 Å². The molecule has 1 aliphatic rings. The first-order valence-electron chi connectivity index (χ1n) is 7.17. The Kier molecular flexibility index (Phi) is 4.62. The van der Waals surface area contributed by atoms with Gasteiger partial charge in [0.2, 0.25) is 12.6 Å². The van der Waals surface area contributed by atoms with Gasteiger partial charge in [-0.3, -0.25) is 10.1 Å². The fourth-order valence-corrected chi connectivity index (χ4v) is 2.11. The average molecular weight is 333 g/mol. The van der Waals surface area contributed by atoms with Crippen molar-refractivity contribution in [3.8, 4) is 17.2 Å². The second-order valence-corrected chi connectivity index (χ2v) is 4.99. The van der Waals surface area contributed by atoms with Gasteiger partial charge in [0.25, 0.3) is 0 Å². The van der Waals surface area contributed by atoms with Gasteiger partial charge < -0.3 is 24.6 Å². The third-order valence-electron chi connectivity index (χ3n) is 3.27. The maximum absolute atomic E-state index is 10.9. The highest BCUT2D eigenvalue weighted by molar-refractivity contribution is 5.55. The van der Waals surface area contributed by atoms with Gasteiger partial charge in [-0.15, -0.1) is 0 Å². The molecular formula is C15H15N3O6. The summed E-state index contributed by atoms with van der Waals surface area (Å²) in [7, 11) is 0. The molecule has 0 fully saturated rings. The number of nitrogens with zero attached hydrogens (tertiary/aromatic N) is 2. The fraction of sp³-hybridized carbons (Fsp3) is 0.267. The lowest BCUT2D eigenvalue weighted by molar-refractivity contribution is -0.384. The normalized spacial score (nSPS) is 13.4. The van der Waals surface area contributed by atoms with Crippen LogP contribution in [0.1, 0.15) is 0 Å². The molecule has 1 aromatic heterocycles. The Morgan fingerprint density at radius 2 is 2.21 bits per heavy atom. The molecule has 126 valence electrons. The number of anilines is 1. The van der Waals surface area contributed by atoms with Crippen LogP contribution in [0, 0.1) is 10.1 Å². The van der Waals surface area contributed by atoms with Crippen molar-refractivity contribution in [2.75, 3.05) is 25.3 Å². The minimum Gasteiger partial charge on any atom is -0.491 e. The predicted molar refractivity (Wildman–Crippen MR) is 83.4 cm³/mol. The molecule has 0 radical (unpaired) electrons. The molecule has 1 aliphatic heterocycles. The quantitative estimate of drug-likeness (QED) is 0.579. The third kappa shape index (κ3) is 3.63. The molecule has 0 bridgehead atoms. The van der Waals surface area contributed by atoms with Crippen LogP contribution in [0.3, 0.4) is 0 Å². The van der Waals surface area contributed by atoms with E-state index in [0.29, 0.717) is 17.2 Å². The zero-order chi connectivity index (χ0) is 16.9. The Morgan fingerprint density at radius 1 is 1.38 bits per heavy atom. The first kappa shape index (κ1) is 15.8. The van der Waals surface area contributed by atoms with E-state index < -0.39 is 11.0 Å². The van der Waals surface area contributed by atoms with E-state index in [2.05, 4.69) is 10.3 Å². The molecule has 0 spiro atoms. The predicted octanol–water partition coefficient (Wildman–Crippen LogP) is 1.57. The van der Waals surface area contributed by atoms with Crippen LogP contribution in [0.5, 0.6) is 17.2 Å². The maximum atomic E-state index is 10.9. The van der Waals surface area contributed by atoms with Crippen molar-refractivity contribution in [3.05, 3.63) is 46.6 Å². The third-order valence-corrected chi connectivity index (χ3v) is 3.27. The van der Waals surface area contributed by atoms with E-state index in [0.717, 1.165) is 0 Å². The second kappa shape index (κ2) is 7.01. The van der Waals surface area contributed by atoms with Crippen LogP contribution in [0.4, 0.5) is 11.5 Å². The van der Waals surface area contributed by atoms with Gasteiger partial charge in [0.05, 0.1) is 4.92 Å². The topological polar surface area (TPSA) is 116 Å². The number of ether oxygens (including phenoxy) is 3. The molecule has 2 heterocycles. The summed E-state index contributed by atoms with van der Waals surface area (Å²) in [4.78, 5) is 14.2. The lowest BCUT2D eigenvalue weighted by Crippen LogP contribution is -2.26. The standard InChI is InChI=1S/C15H15N3O6/c19-10(7-17-15-12(18(20)21)2-1-5-16-15)8-22-11-3-4-13-14(6-11)24-9-23-13/h1-6,10,19H,7-9H2,(H,16,17)/t10-/m1/s1. The van der Waals surface area contributed by atoms with Crippen molar-refractivity contribution in [1.82, 2.24) is 4.98 Å². The van der Waals surface area contributed by atoms with Gasteiger partial charge in [-0.25, -0.2) is 4.98 Å². The van der Waals surface area contributed by atoms with Crippen LogP contribution < -0.4 is 19.5 Å². The lowest BCUT2D eigenvalue weighted by atomic mass is 10.3. The molecule has 2 aromatic rings. The molecule has 24 heavy (non-hydrogen) atoms. The maximum Gasteiger partial charge on any atom is 0.311 e. The van der Waals surface area contributed by atoms with Gasteiger partial charge in [-0.05, 0) is 18.2 Å². The molecular weight excluding hydrogens is 318 g/mol. The summed E-state index contributed by atoms with van der Waals surface area (Å²) in [5.41, 5.74) is -0.151. The molecule has 9 nitrogen and oxygen atoms in total. The van der Waals surface area contributed by atoms with E-state index in [4.69, 9.17) is 14.2 Å². The Labute approximate surface area is 136 Å². The number of aliphatic hydroxyl groups excluding tert-OH is 1. The summed E-state index contributed by atoms with van der Waals surface area (Å²) in [6.07, 6.45) is 0.558. The molecule has 0 unspecified atom stereocenters. The van der Waals surface area contributed by atoms with Crippen LogP contribution in [-0.2, 0) is 0 Å². The summed E-state index contributed by atoms with van der Waals surface area (Å²) >= 11 is 0. The number of hydrogen-bond acceptors (Lipinski definition) is 8. The smallest absolute Gasteiger partial charge is 0.311 e. The highest BCUT2D eigenvalue weighted by atomic mass is 16.7. The Morgan fingerprint density at radius 3 is 3.04 bits per heavy atom. The molecule has 3 rings (SSSR count). The number of nitrogens with one attached hydrogen (secondary N) is 1. The molecule has 0 saturated carbocycles. The summed E-state index contributed by atoms with van der Waals surface area (Å²) in [6, 6.07) is 7.91. The minimum atomic E-state index is -0.878. The van der Waals surface area contributed by atoms with Crippen molar-refractivity contribution >= 4 is 11.5 Å². The highest BCUT2D eigenvalue weighted by Gasteiger charge is 2.16. The first-order valence-corrected chi connectivity index (χ1v) is 7.17. The largest absolute Gasteiger partial charge is 0.491 e. The summed E-state index contributed by atoms with van der Waals surface area (Å²) in [5.74, 6) is 1.86. The van der Waals surface area contributed by atoms with E-state index >= 15 is 0 Å². The van der Waals surface area contributed by atoms with Crippen molar-refractivity contribution < 1.29 is 24.2 Å². The van der Waals surface area contributed by atoms with Crippen molar-refractivity contribution in [3.63, 3.8) is 0 Å². The van der Waals surface area contributed by atoms with Gasteiger partial charge in [-0.1, -0.05) is 0 Å². The molecule has 0 aliphatic carbocycles. The summed E-state index contributed by atoms with van der Waals surface area (Å²) in [6.45, 7) is 0.240. The Hall–Kier alpha value is -3.07. The number of nitro groups is 1. The van der Waals surface area contributed by atoms with Gasteiger partial charge in [0.15, 0.2) is 11.5 Å². The van der Waals surface area contributed by atoms with Crippen molar-refractivity contribution in [2.24, 2.45) is 0 Å². The highest BCUT2D eigenvalue weighted by Crippen LogP contribution is 2.35. The monoisotopic (exact) mass is 333 g/mol. The number of hydrogen-bond donors (Lipinski definition) is 2. The van der Waals surface area contributed by atoms with Gasteiger partial charge in [0.1, 0.15) is 18.5 Å². The number of fused-ring (bicyclic) bond motifs is 1. The lowest BCUT2D eigenvalue weighted by Gasteiger charge is -2.13. The molecule has 1 aromatic carbocycles. The second-order valence-electron chi connectivity index (χ2n) is 4.99. The summed E-state index contributed by atoms with van der Waals surface area (Å²) < 4.78 is 15.9. The van der Waals surface area contributed by atoms with Gasteiger partial charge in [0, 0.05) is 24.9 Å². The fourth-order valence-electron chi connectivity index (χ4n) is 2.11. The van der Waals surface area contributed by atoms with Crippen molar-refractivity contribution in [2.45, 2.75) is 6.10 Å². The van der Waals surface area contributed by atoms with E-state index in [9.17, 15) is 15.2 Å². The van der Waals surface area contributed by atoms with Gasteiger partial charge in [-0.2, -0.15) is 0 Å². The zero-order valence-corrected chi connectivity index (χ0v) is 12.5. The molecule has 0 amide bonds. The van der Waals surface area contributed by atoms with Crippen LogP contribution in [0.2, 0.25) is 0 Å². The number of aromatic nitrogens is 1. The zero-order valence-electron chi connectivity index (χ0n) is 12.5. The van der Waals surface area contributed by atoms with Gasteiger partial charge >= 0.3 is 5.69 Å². The van der Waals surface area contributed by atoms with Crippen LogP contribution in [-0.4, -0.2) is 41.1 Å². The molecule has 2 N–H and O–H groups in total. The Bertz CT molecular complexity index is 739. The van der Waals surface area contributed by atoms with Crippen molar-refractivity contribution in [1.29, 1.82) is 0 Å². The minimum absolute atomic E-state index is 0.00722. The first-order chi connectivity index (χ1) is 11.6. The number of rotatable bonds is 7. The Balaban J connectivity index is 1.51. The number of benzene rings is 1. The average Bonchev–Trinajstić information content (AvgIpc) is 3.06. The van der Waals surface area contributed by atoms with E-state index in [-0.39, 0.29) is 31.4 Å². The van der Waals surface area contributed by atoms with Crippen LogP contribution in [0.15, 0.2) is 36.5 Å². The van der Waals surface area contributed by atoms with Crippen LogP contribution in [0.25, 0.3) is 0 Å². The van der Waals surface area contributed by atoms with Crippen LogP contribution >= 0.6 is 0 Å². The number of aliphatic hydroxyl groups is 1. The van der Waals surface area contributed by atoms with E-state index in [1.54, 1.807) is 18.2 Å².